The molecule has 0 unspecified atom stereocenters. The number of hydrogen-bond acceptors (Lipinski definition) is 5. The first-order chi connectivity index (χ1) is 13.5. The fourth-order valence-corrected chi connectivity index (χ4v) is 2.60. The van der Waals surface area contributed by atoms with Gasteiger partial charge < -0.3 is 20.1 Å². The minimum Gasteiger partial charge on any atom is -0.497 e. The lowest BCUT2D eigenvalue weighted by Gasteiger charge is -2.11. The van der Waals surface area contributed by atoms with Gasteiger partial charge in [0.25, 0.3) is 5.91 Å². The normalized spacial score (nSPS) is 10.8. The van der Waals surface area contributed by atoms with Crippen molar-refractivity contribution in [2.75, 3.05) is 26.1 Å². The summed E-state index contributed by atoms with van der Waals surface area (Å²) in [4.78, 5) is 12.2. The number of rotatable bonds is 8. The topological polar surface area (TPSA) is 83.4 Å². The quantitative estimate of drug-likeness (QED) is 0.520. The third-order valence-electron chi connectivity index (χ3n) is 4.08. The van der Waals surface area contributed by atoms with Gasteiger partial charge in [0.15, 0.2) is 0 Å². The lowest BCUT2D eigenvalue weighted by atomic mass is 10.1. The molecule has 2 N–H and O–H groups in total. The number of aryl methyl sites for hydroxylation is 1. The van der Waals surface area contributed by atoms with Crippen LogP contribution in [0.2, 0.25) is 5.02 Å². The molecule has 0 atom stereocenters. The van der Waals surface area contributed by atoms with Gasteiger partial charge in [-0.1, -0.05) is 23.7 Å². The molecule has 0 radical (unpaired) electrons. The number of ether oxygens (including phenoxy) is 2. The lowest BCUT2D eigenvalue weighted by molar-refractivity contribution is -0.117. The molecular weight excluding hydrogens is 378 g/mol. The van der Waals surface area contributed by atoms with E-state index in [1.807, 2.05) is 37.3 Å². The second-order valence-electron chi connectivity index (χ2n) is 5.97. The van der Waals surface area contributed by atoms with Crippen molar-refractivity contribution in [2.24, 2.45) is 0 Å². The highest BCUT2D eigenvalue weighted by Gasteiger charge is 2.10. The Balaban J connectivity index is 1.97. The smallest absolute Gasteiger partial charge is 0.263 e. The summed E-state index contributed by atoms with van der Waals surface area (Å²) in [7, 11) is 3.13. The number of methoxy groups -OCH3 is 2. The Morgan fingerprint density at radius 3 is 2.54 bits per heavy atom. The fraction of sp³-hybridized carbons (Fsp3) is 0.238. The van der Waals surface area contributed by atoms with E-state index in [9.17, 15) is 10.1 Å². The average Bonchev–Trinajstić information content (AvgIpc) is 2.71. The standard InChI is InChI=1S/C21H22ClN3O3/c1-14-10-19(20(28-3)11-18(14)22)25-13-16(12-23)21(26)24-9-8-15-4-6-17(27-2)7-5-15/h4-7,10-11,13,25H,8-9H2,1-3H3,(H,24,26)/b16-13-. The second-order valence-corrected chi connectivity index (χ2v) is 6.38. The van der Waals surface area contributed by atoms with Crippen LogP contribution in [0.1, 0.15) is 11.1 Å². The van der Waals surface area contributed by atoms with E-state index < -0.39 is 5.91 Å². The third kappa shape index (κ3) is 5.66. The number of hydrogen-bond donors (Lipinski definition) is 2. The van der Waals surface area contributed by atoms with Crippen LogP contribution in [0.5, 0.6) is 11.5 Å². The van der Waals surface area contributed by atoms with Crippen LogP contribution < -0.4 is 20.1 Å². The van der Waals surface area contributed by atoms with Crippen LogP contribution in [0.4, 0.5) is 5.69 Å². The van der Waals surface area contributed by atoms with Crippen molar-refractivity contribution >= 4 is 23.2 Å². The van der Waals surface area contributed by atoms with E-state index in [2.05, 4.69) is 10.6 Å². The van der Waals surface area contributed by atoms with Crippen LogP contribution >= 0.6 is 11.6 Å². The van der Waals surface area contributed by atoms with Gasteiger partial charge in [-0.15, -0.1) is 0 Å². The van der Waals surface area contributed by atoms with Gasteiger partial charge in [-0.3, -0.25) is 4.79 Å². The van der Waals surface area contributed by atoms with Crippen molar-refractivity contribution < 1.29 is 14.3 Å². The number of anilines is 1. The van der Waals surface area contributed by atoms with E-state index >= 15 is 0 Å². The van der Waals surface area contributed by atoms with Gasteiger partial charge in [-0.25, -0.2) is 0 Å². The van der Waals surface area contributed by atoms with Crippen molar-refractivity contribution in [2.45, 2.75) is 13.3 Å². The molecule has 2 aromatic carbocycles. The monoisotopic (exact) mass is 399 g/mol. The summed E-state index contributed by atoms with van der Waals surface area (Å²) in [6.07, 6.45) is 2.00. The predicted molar refractivity (Wildman–Crippen MR) is 110 cm³/mol. The number of benzene rings is 2. The molecule has 7 heteroatoms. The molecule has 0 aliphatic carbocycles. The summed E-state index contributed by atoms with van der Waals surface area (Å²) in [6.45, 7) is 2.27. The molecule has 146 valence electrons. The van der Waals surface area contributed by atoms with Gasteiger partial charge in [0.05, 0.1) is 19.9 Å². The summed E-state index contributed by atoms with van der Waals surface area (Å²) < 4.78 is 10.4. The lowest BCUT2D eigenvalue weighted by Crippen LogP contribution is -2.27. The van der Waals surface area contributed by atoms with E-state index in [4.69, 9.17) is 21.1 Å². The fourth-order valence-electron chi connectivity index (χ4n) is 2.45. The molecule has 0 heterocycles. The minimum absolute atomic E-state index is 0.0376. The molecule has 0 aromatic heterocycles. The van der Waals surface area contributed by atoms with Crippen molar-refractivity contribution in [3.63, 3.8) is 0 Å². The van der Waals surface area contributed by atoms with Crippen LogP contribution in [0.15, 0.2) is 48.2 Å². The van der Waals surface area contributed by atoms with Gasteiger partial charge in [-0.05, 0) is 42.7 Å². The summed E-state index contributed by atoms with van der Waals surface area (Å²) in [5.41, 5.74) is 2.48. The molecule has 0 aliphatic rings. The summed E-state index contributed by atoms with van der Waals surface area (Å²) in [5, 5.41) is 15.5. The van der Waals surface area contributed by atoms with Crippen LogP contribution in [0.3, 0.4) is 0 Å². The highest BCUT2D eigenvalue weighted by molar-refractivity contribution is 6.31. The van der Waals surface area contributed by atoms with Crippen LogP contribution in [-0.4, -0.2) is 26.7 Å². The minimum atomic E-state index is -0.451. The largest absolute Gasteiger partial charge is 0.497 e. The van der Waals surface area contributed by atoms with E-state index in [0.717, 1.165) is 16.9 Å². The van der Waals surface area contributed by atoms with Crippen molar-refractivity contribution in [3.05, 3.63) is 64.3 Å². The molecule has 0 saturated carbocycles. The summed E-state index contributed by atoms with van der Waals surface area (Å²) in [5.74, 6) is 0.846. The predicted octanol–water partition coefficient (Wildman–Crippen LogP) is 3.84. The molecule has 6 nitrogen and oxygen atoms in total. The zero-order valence-corrected chi connectivity index (χ0v) is 16.8. The number of nitriles is 1. The first kappa shape index (κ1) is 21.1. The number of nitrogens with one attached hydrogen (secondary N) is 2. The van der Waals surface area contributed by atoms with Crippen molar-refractivity contribution in [3.8, 4) is 17.6 Å². The van der Waals surface area contributed by atoms with E-state index in [-0.39, 0.29) is 5.57 Å². The maximum Gasteiger partial charge on any atom is 0.263 e. The molecule has 28 heavy (non-hydrogen) atoms. The van der Waals surface area contributed by atoms with Gasteiger partial charge in [0.1, 0.15) is 23.1 Å². The third-order valence-corrected chi connectivity index (χ3v) is 4.48. The van der Waals surface area contributed by atoms with Crippen molar-refractivity contribution in [1.82, 2.24) is 5.32 Å². The Morgan fingerprint density at radius 1 is 1.21 bits per heavy atom. The van der Waals surface area contributed by atoms with Crippen molar-refractivity contribution in [1.29, 1.82) is 5.26 Å². The molecule has 0 spiro atoms. The maximum absolute atomic E-state index is 12.2. The molecule has 0 bridgehead atoms. The molecule has 2 aromatic rings. The number of nitrogens with zero attached hydrogens (tertiary/aromatic N) is 1. The van der Waals surface area contributed by atoms with E-state index in [0.29, 0.717) is 29.4 Å². The number of carbonyl (C=O) groups is 1. The molecule has 1 amide bonds. The first-order valence-electron chi connectivity index (χ1n) is 8.60. The van der Waals surface area contributed by atoms with Crippen LogP contribution in [0.25, 0.3) is 0 Å². The van der Waals surface area contributed by atoms with Gasteiger partial charge in [-0.2, -0.15) is 5.26 Å². The zero-order chi connectivity index (χ0) is 20.5. The Hall–Kier alpha value is -3.17. The van der Waals surface area contributed by atoms with Gasteiger partial charge in [0.2, 0.25) is 0 Å². The number of halogens is 1. The van der Waals surface area contributed by atoms with Gasteiger partial charge >= 0.3 is 0 Å². The average molecular weight is 400 g/mol. The zero-order valence-electron chi connectivity index (χ0n) is 16.0. The highest BCUT2D eigenvalue weighted by atomic mass is 35.5. The number of amides is 1. The summed E-state index contributed by atoms with van der Waals surface area (Å²) >= 11 is 6.08. The Bertz CT molecular complexity index is 902. The second kappa shape index (κ2) is 10.2. The Kier molecular flexibility index (Phi) is 7.73. The van der Waals surface area contributed by atoms with E-state index in [1.165, 1.54) is 13.3 Å². The first-order valence-corrected chi connectivity index (χ1v) is 8.98. The Labute approximate surface area is 169 Å². The number of carbonyl (C=O) groups excluding carboxylic acids is 1. The van der Waals surface area contributed by atoms with E-state index in [1.54, 1.807) is 19.2 Å². The molecule has 0 aliphatic heterocycles. The molecule has 0 fully saturated rings. The molecular formula is C21H22ClN3O3. The maximum atomic E-state index is 12.2. The van der Waals surface area contributed by atoms with Crippen LogP contribution in [0, 0.1) is 18.3 Å². The Morgan fingerprint density at radius 2 is 1.93 bits per heavy atom. The molecule has 0 saturated heterocycles. The SMILES string of the molecule is COc1ccc(CCNC(=O)/C(C#N)=C\Nc2cc(C)c(Cl)cc2OC)cc1. The highest BCUT2D eigenvalue weighted by Crippen LogP contribution is 2.31. The summed E-state index contributed by atoms with van der Waals surface area (Å²) in [6, 6.07) is 13.0. The van der Waals surface area contributed by atoms with Crippen LogP contribution in [-0.2, 0) is 11.2 Å². The molecule has 2 rings (SSSR count). The van der Waals surface area contributed by atoms with Gasteiger partial charge in [0, 0.05) is 23.8 Å².